The van der Waals surface area contributed by atoms with Crippen molar-refractivity contribution in [1.82, 2.24) is 0 Å². The number of hydrogen-bond acceptors (Lipinski definition) is 4. The van der Waals surface area contributed by atoms with Crippen molar-refractivity contribution in [2.45, 2.75) is 96.8 Å². The van der Waals surface area contributed by atoms with Gasteiger partial charge < -0.3 is 9.47 Å². The van der Waals surface area contributed by atoms with Crippen LogP contribution in [0, 0.1) is 5.92 Å². The third kappa shape index (κ3) is 8.30. The fourth-order valence-corrected chi connectivity index (χ4v) is 4.84. The van der Waals surface area contributed by atoms with Crippen molar-refractivity contribution in [2.24, 2.45) is 5.92 Å². The molecule has 184 valence electrons. The van der Waals surface area contributed by atoms with E-state index in [4.69, 9.17) is 9.47 Å². The molecule has 0 amide bonds. The van der Waals surface area contributed by atoms with E-state index in [-0.39, 0.29) is 11.9 Å². The summed E-state index contributed by atoms with van der Waals surface area (Å²) < 4.78 is 10.7. The van der Waals surface area contributed by atoms with E-state index in [0.717, 1.165) is 12.3 Å². The SMILES string of the molecule is CCCCCCCC1CCC(c2ccc(C(=O)Oc3ccc(OC(=O)CCC)cc3)cc2)CC1. The summed E-state index contributed by atoms with van der Waals surface area (Å²) in [7, 11) is 0. The van der Waals surface area contributed by atoms with Crippen molar-refractivity contribution in [3.8, 4) is 11.5 Å². The smallest absolute Gasteiger partial charge is 0.343 e. The number of carbonyl (C=O) groups excluding carboxylic acids is 2. The van der Waals surface area contributed by atoms with Gasteiger partial charge >= 0.3 is 11.9 Å². The molecule has 1 fully saturated rings. The van der Waals surface area contributed by atoms with Gasteiger partial charge in [0.25, 0.3) is 0 Å². The van der Waals surface area contributed by atoms with Crippen molar-refractivity contribution < 1.29 is 19.1 Å². The molecule has 0 spiro atoms. The van der Waals surface area contributed by atoms with Gasteiger partial charge in [0, 0.05) is 6.42 Å². The summed E-state index contributed by atoms with van der Waals surface area (Å²) in [6.45, 7) is 4.20. The second-order valence-corrected chi connectivity index (χ2v) is 9.63. The number of hydrogen-bond donors (Lipinski definition) is 0. The number of rotatable bonds is 12. The third-order valence-electron chi connectivity index (χ3n) is 6.90. The molecule has 0 saturated heterocycles. The van der Waals surface area contributed by atoms with E-state index in [1.54, 1.807) is 24.3 Å². The van der Waals surface area contributed by atoms with Gasteiger partial charge in [-0.3, -0.25) is 4.79 Å². The largest absolute Gasteiger partial charge is 0.427 e. The molecule has 3 rings (SSSR count). The van der Waals surface area contributed by atoms with Crippen molar-refractivity contribution in [3.63, 3.8) is 0 Å². The Morgan fingerprint density at radius 1 is 0.735 bits per heavy atom. The van der Waals surface area contributed by atoms with E-state index < -0.39 is 0 Å². The van der Waals surface area contributed by atoms with Gasteiger partial charge in [-0.05, 0) is 85.9 Å². The van der Waals surface area contributed by atoms with Crippen LogP contribution >= 0.6 is 0 Å². The minimum absolute atomic E-state index is 0.261. The van der Waals surface area contributed by atoms with Crippen LogP contribution in [-0.2, 0) is 4.79 Å². The quantitative estimate of drug-likeness (QED) is 0.180. The highest BCUT2D eigenvalue weighted by Crippen LogP contribution is 2.38. The second kappa shape index (κ2) is 13.9. The first-order valence-corrected chi connectivity index (χ1v) is 13.2. The number of esters is 2. The minimum atomic E-state index is -0.381. The van der Waals surface area contributed by atoms with Crippen molar-refractivity contribution in [2.75, 3.05) is 0 Å². The van der Waals surface area contributed by atoms with Gasteiger partial charge in [0.15, 0.2) is 0 Å². The summed E-state index contributed by atoms with van der Waals surface area (Å²) in [6, 6.07) is 14.5. The van der Waals surface area contributed by atoms with Gasteiger partial charge in [-0.2, -0.15) is 0 Å². The Morgan fingerprint density at radius 2 is 1.35 bits per heavy atom. The average molecular weight is 465 g/mol. The van der Waals surface area contributed by atoms with Gasteiger partial charge in [0.1, 0.15) is 11.5 Å². The van der Waals surface area contributed by atoms with Crippen LogP contribution in [0.15, 0.2) is 48.5 Å². The molecule has 0 radical (unpaired) electrons. The zero-order chi connectivity index (χ0) is 24.2. The predicted octanol–water partition coefficient (Wildman–Crippen LogP) is 8.25. The summed E-state index contributed by atoms with van der Waals surface area (Å²) in [6.07, 6.45) is 14.5. The lowest BCUT2D eigenvalue weighted by Crippen LogP contribution is -2.14. The predicted molar refractivity (Wildman–Crippen MR) is 136 cm³/mol. The molecule has 2 aromatic rings. The number of benzene rings is 2. The van der Waals surface area contributed by atoms with E-state index >= 15 is 0 Å². The van der Waals surface area contributed by atoms with Crippen LogP contribution in [0.1, 0.15) is 113 Å². The molecular weight excluding hydrogens is 424 g/mol. The zero-order valence-electron chi connectivity index (χ0n) is 20.9. The number of carbonyl (C=O) groups is 2. The van der Waals surface area contributed by atoms with Gasteiger partial charge in [0.05, 0.1) is 5.56 Å². The first-order valence-electron chi connectivity index (χ1n) is 13.2. The van der Waals surface area contributed by atoms with Crippen LogP contribution in [0.25, 0.3) is 0 Å². The fraction of sp³-hybridized carbons (Fsp3) is 0.533. The van der Waals surface area contributed by atoms with Crippen LogP contribution in [0.3, 0.4) is 0 Å². The molecule has 4 nitrogen and oxygen atoms in total. The molecule has 0 unspecified atom stereocenters. The van der Waals surface area contributed by atoms with E-state index in [0.29, 0.717) is 29.4 Å². The molecule has 0 atom stereocenters. The summed E-state index contributed by atoms with van der Waals surface area (Å²) in [5.41, 5.74) is 1.87. The molecule has 1 aliphatic carbocycles. The Labute approximate surface area is 205 Å². The van der Waals surface area contributed by atoms with Gasteiger partial charge in [-0.1, -0.05) is 64.5 Å². The molecule has 0 bridgehead atoms. The molecule has 4 heteroatoms. The van der Waals surface area contributed by atoms with Crippen molar-refractivity contribution in [1.29, 1.82) is 0 Å². The Hall–Kier alpha value is -2.62. The number of ether oxygens (including phenoxy) is 2. The maximum Gasteiger partial charge on any atom is 0.343 e. The molecule has 0 aliphatic heterocycles. The Kier molecular flexibility index (Phi) is 10.7. The van der Waals surface area contributed by atoms with Crippen LogP contribution in [0.2, 0.25) is 0 Å². The Bertz CT molecular complexity index is 877. The van der Waals surface area contributed by atoms with E-state index in [2.05, 4.69) is 19.1 Å². The summed E-state index contributed by atoms with van der Waals surface area (Å²) in [5, 5.41) is 0. The third-order valence-corrected chi connectivity index (χ3v) is 6.90. The topological polar surface area (TPSA) is 52.6 Å². The van der Waals surface area contributed by atoms with Gasteiger partial charge in [-0.15, -0.1) is 0 Å². The van der Waals surface area contributed by atoms with Crippen LogP contribution in [-0.4, -0.2) is 11.9 Å². The van der Waals surface area contributed by atoms with Gasteiger partial charge in [-0.25, -0.2) is 4.79 Å². The molecule has 1 saturated carbocycles. The molecule has 0 aromatic heterocycles. The molecular formula is C30H40O4. The average Bonchev–Trinajstić information content (AvgIpc) is 2.86. The maximum atomic E-state index is 12.6. The first kappa shape index (κ1) is 26.0. The van der Waals surface area contributed by atoms with Gasteiger partial charge in [0.2, 0.25) is 0 Å². The van der Waals surface area contributed by atoms with Crippen LogP contribution < -0.4 is 9.47 Å². The highest BCUT2D eigenvalue weighted by Gasteiger charge is 2.22. The Morgan fingerprint density at radius 3 is 1.97 bits per heavy atom. The lowest BCUT2D eigenvalue weighted by molar-refractivity contribution is -0.134. The summed E-state index contributed by atoms with van der Waals surface area (Å²) in [4.78, 5) is 24.1. The molecule has 1 aliphatic rings. The molecule has 0 N–H and O–H groups in total. The van der Waals surface area contributed by atoms with Crippen LogP contribution in [0.4, 0.5) is 0 Å². The standard InChI is InChI=1S/C30H40O4/c1-3-5-6-7-8-10-23-11-13-24(14-12-23)25-15-17-26(18-16-25)30(32)34-28-21-19-27(20-22-28)33-29(31)9-4-2/h15-24H,3-14H2,1-2H3. The highest BCUT2D eigenvalue weighted by molar-refractivity contribution is 5.91. The van der Waals surface area contributed by atoms with Crippen molar-refractivity contribution >= 4 is 11.9 Å². The Balaban J connectivity index is 1.43. The normalized spacial score (nSPS) is 17.8. The summed E-state index contributed by atoms with van der Waals surface area (Å²) >= 11 is 0. The minimum Gasteiger partial charge on any atom is -0.427 e. The lowest BCUT2D eigenvalue weighted by Gasteiger charge is -2.29. The van der Waals surface area contributed by atoms with Crippen LogP contribution in [0.5, 0.6) is 11.5 Å². The maximum absolute atomic E-state index is 12.6. The fourth-order valence-electron chi connectivity index (χ4n) is 4.84. The molecule has 34 heavy (non-hydrogen) atoms. The highest BCUT2D eigenvalue weighted by atomic mass is 16.5. The summed E-state index contributed by atoms with van der Waals surface area (Å²) in [5.74, 6) is 1.74. The first-order chi connectivity index (χ1) is 16.6. The second-order valence-electron chi connectivity index (χ2n) is 9.63. The van der Waals surface area contributed by atoms with E-state index in [1.165, 1.54) is 69.8 Å². The molecule has 0 heterocycles. The zero-order valence-corrected chi connectivity index (χ0v) is 20.9. The van der Waals surface area contributed by atoms with Crippen molar-refractivity contribution in [3.05, 3.63) is 59.7 Å². The van der Waals surface area contributed by atoms with E-state index in [9.17, 15) is 9.59 Å². The lowest BCUT2D eigenvalue weighted by atomic mass is 9.77. The number of unbranched alkanes of at least 4 members (excludes halogenated alkanes) is 4. The van der Waals surface area contributed by atoms with E-state index in [1.807, 2.05) is 19.1 Å². The monoisotopic (exact) mass is 464 g/mol. The molecule has 2 aromatic carbocycles.